The number of carbonyl (C=O) groups excluding carboxylic acids is 1. The second kappa shape index (κ2) is 7.55. The molecule has 1 aromatic heterocycles. The van der Waals surface area contributed by atoms with Gasteiger partial charge in [-0.1, -0.05) is 35.3 Å². The Balaban J connectivity index is 1.80. The molecule has 0 saturated carbocycles. The fourth-order valence-corrected chi connectivity index (χ4v) is 2.82. The highest BCUT2D eigenvalue weighted by Crippen LogP contribution is 2.30. The van der Waals surface area contributed by atoms with Gasteiger partial charge in [0.1, 0.15) is 6.54 Å². The highest BCUT2D eigenvalue weighted by Gasteiger charge is 2.11. The molecule has 0 bridgehead atoms. The molecular formula is C19H14Cl2N2O2. The first-order chi connectivity index (χ1) is 12.0. The fourth-order valence-electron chi connectivity index (χ4n) is 2.42. The quantitative estimate of drug-likeness (QED) is 0.550. The summed E-state index contributed by atoms with van der Waals surface area (Å²) in [6.07, 6.45) is 1.39. The summed E-state index contributed by atoms with van der Waals surface area (Å²) in [6.45, 7) is 0.144. The average Bonchev–Trinajstić information content (AvgIpc) is 2.63. The van der Waals surface area contributed by atoms with Crippen LogP contribution in [0.5, 0.6) is 0 Å². The summed E-state index contributed by atoms with van der Waals surface area (Å²) in [4.78, 5) is 12.4. The lowest BCUT2D eigenvalue weighted by Gasteiger charge is -2.09. The molecule has 6 heteroatoms. The van der Waals surface area contributed by atoms with Gasteiger partial charge in [-0.05, 0) is 42.0 Å². The summed E-state index contributed by atoms with van der Waals surface area (Å²) >= 11 is 12.3. The Hall–Kier alpha value is -2.56. The van der Waals surface area contributed by atoms with E-state index in [2.05, 4.69) is 5.32 Å². The summed E-state index contributed by atoms with van der Waals surface area (Å²) in [6, 6.07) is 17.3. The Morgan fingerprint density at radius 1 is 1.04 bits per heavy atom. The normalized spacial score (nSPS) is 10.5. The Bertz CT molecular complexity index is 929. The van der Waals surface area contributed by atoms with Gasteiger partial charge in [-0.2, -0.15) is 4.73 Å². The third-order valence-electron chi connectivity index (χ3n) is 3.70. The molecule has 0 saturated heterocycles. The second-order valence-electron chi connectivity index (χ2n) is 5.41. The number of aromatic nitrogens is 1. The Kier molecular flexibility index (Phi) is 5.22. The molecule has 0 radical (unpaired) electrons. The van der Waals surface area contributed by atoms with Crippen molar-refractivity contribution in [3.8, 4) is 11.1 Å². The smallest absolute Gasteiger partial charge is 0.251 e. The predicted molar refractivity (Wildman–Crippen MR) is 98.5 cm³/mol. The zero-order valence-electron chi connectivity index (χ0n) is 13.1. The highest BCUT2D eigenvalue weighted by molar-refractivity contribution is 6.35. The number of carbonyl (C=O) groups is 1. The van der Waals surface area contributed by atoms with Crippen molar-refractivity contribution < 1.29 is 9.52 Å². The van der Waals surface area contributed by atoms with Crippen LogP contribution in [0, 0.1) is 5.21 Å². The number of nitrogens with one attached hydrogen (secondary N) is 1. The summed E-state index contributed by atoms with van der Waals surface area (Å²) in [5.74, 6) is -0.274. The first-order valence-corrected chi connectivity index (χ1v) is 8.31. The van der Waals surface area contributed by atoms with Gasteiger partial charge in [0.2, 0.25) is 5.69 Å². The van der Waals surface area contributed by atoms with E-state index in [1.807, 2.05) is 6.07 Å². The van der Waals surface area contributed by atoms with Crippen molar-refractivity contribution in [3.63, 3.8) is 0 Å². The minimum Gasteiger partial charge on any atom is -0.618 e. The molecule has 1 heterocycles. The van der Waals surface area contributed by atoms with Gasteiger partial charge < -0.3 is 10.5 Å². The first kappa shape index (κ1) is 17.3. The number of halogens is 2. The van der Waals surface area contributed by atoms with Crippen LogP contribution in [0.4, 0.5) is 0 Å². The molecule has 4 nitrogen and oxygen atoms in total. The molecule has 25 heavy (non-hydrogen) atoms. The van der Waals surface area contributed by atoms with Crippen molar-refractivity contribution >= 4 is 29.1 Å². The molecule has 2 aromatic carbocycles. The van der Waals surface area contributed by atoms with Crippen molar-refractivity contribution in [2.75, 3.05) is 0 Å². The van der Waals surface area contributed by atoms with E-state index in [9.17, 15) is 10.0 Å². The molecule has 3 aromatic rings. The van der Waals surface area contributed by atoms with Crippen molar-refractivity contribution in [1.82, 2.24) is 5.32 Å². The second-order valence-corrected chi connectivity index (χ2v) is 6.25. The highest BCUT2D eigenvalue weighted by atomic mass is 35.5. The van der Waals surface area contributed by atoms with E-state index in [0.717, 1.165) is 15.9 Å². The third kappa shape index (κ3) is 4.10. The maximum Gasteiger partial charge on any atom is 0.251 e. The van der Waals surface area contributed by atoms with Crippen molar-refractivity contribution in [2.45, 2.75) is 6.54 Å². The standard InChI is InChI=1S/C19H14Cl2N2O2/c20-15-7-8-18(21)17(11-15)13-4-3-5-14(10-13)19(24)22-12-16-6-1-2-9-23(16)25/h1-11H,12H2,(H,22,24). The van der Waals surface area contributed by atoms with Gasteiger partial charge in [-0.3, -0.25) is 4.79 Å². The molecule has 3 rings (SSSR count). The van der Waals surface area contributed by atoms with Crippen LogP contribution in [0.2, 0.25) is 10.0 Å². The summed E-state index contributed by atoms with van der Waals surface area (Å²) < 4.78 is 0.725. The molecular weight excluding hydrogens is 359 g/mol. The summed E-state index contributed by atoms with van der Waals surface area (Å²) in [7, 11) is 0. The fraction of sp³-hybridized carbons (Fsp3) is 0.0526. The van der Waals surface area contributed by atoms with Crippen LogP contribution < -0.4 is 10.0 Å². The molecule has 0 aliphatic heterocycles. The number of pyridine rings is 1. The van der Waals surface area contributed by atoms with Crippen molar-refractivity contribution in [3.05, 3.63) is 93.4 Å². The minimum absolute atomic E-state index is 0.144. The van der Waals surface area contributed by atoms with E-state index in [1.165, 1.54) is 6.20 Å². The lowest BCUT2D eigenvalue weighted by Crippen LogP contribution is -2.35. The van der Waals surface area contributed by atoms with Gasteiger partial charge in [0, 0.05) is 33.3 Å². The van der Waals surface area contributed by atoms with Crippen LogP contribution in [0.1, 0.15) is 16.1 Å². The molecule has 0 fully saturated rings. The van der Waals surface area contributed by atoms with Crippen molar-refractivity contribution in [2.24, 2.45) is 0 Å². The summed E-state index contributed by atoms with van der Waals surface area (Å²) in [5.41, 5.74) is 2.48. The van der Waals surface area contributed by atoms with Gasteiger partial charge in [-0.15, -0.1) is 0 Å². The molecule has 0 unspecified atom stereocenters. The van der Waals surface area contributed by atoms with E-state index < -0.39 is 0 Å². The van der Waals surface area contributed by atoms with Gasteiger partial charge in [-0.25, -0.2) is 0 Å². The van der Waals surface area contributed by atoms with Crippen LogP contribution in [0.15, 0.2) is 66.9 Å². The Morgan fingerprint density at radius 2 is 1.88 bits per heavy atom. The number of rotatable bonds is 4. The molecule has 1 amide bonds. The van der Waals surface area contributed by atoms with Gasteiger partial charge in [0.15, 0.2) is 6.20 Å². The molecule has 0 aliphatic carbocycles. The lowest BCUT2D eigenvalue weighted by molar-refractivity contribution is -0.614. The van der Waals surface area contributed by atoms with Crippen LogP contribution in [-0.2, 0) is 6.54 Å². The molecule has 1 N–H and O–H groups in total. The van der Waals surface area contributed by atoms with Gasteiger partial charge in [0.05, 0.1) is 0 Å². The van der Waals surface area contributed by atoms with E-state index in [-0.39, 0.29) is 12.5 Å². The lowest BCUT2D eigenvalue weighted by atomic mass is 10.0. The average molecular weight is 373 g/mol. The third-order valence-corrected chi connectivity index (χ3v) is 4.26. The monoisotopic (exact) mass is 372 g/mol. The number of nitrogens with zero attached hydrogens (tertiary/aromatic N) is 1. The number of hydrogen-bond acceptors (Lipinski definition) is 2. The SMILES string of the molecule is O=C(NCc1cccc[n+]1[O-])c1cccc(-c2cc(Cl)ccc2Cl)c1. The van der Waals surface area contributed by atoms with E-state index in [1.54, 1.807) is 54.6 Å². The zero-order valence-corrected chi connectivity index (χ0v) is 14.6. The predicted octanol–water partition coefficient (Wildman–Crippen LogP) is 4.22. The zero-order chi connectivity index (χ0) is 17.8. The number of benzene rings is 2. The number of hydrogen-bond donors (Lipinski definition) is 1. The van der Waals surface area contributed by atoms with Gasteiger partial charge >= 0.3 is 0 Å². The molecule has 0 spiro atoms. The van der Waals surface area contributed by atoms with E-state index in [4.69, 9.17) is 23.2 Å². The molecule has 0 atom stereocenters. The Labute approximate surface area is 155 Å². The maximum atomic E-state index is 12.4. The number of amides is 1. The van der Waals surface area contributed by atoms with E-state index in [0.29, 0.717) is 21.3 Å². The van der Waals surface area contributed by atoms with Crippen LogP contribution in [0.3, 0.4) is 0 Å². The minimum atomic E-state index is -0.274. The Morgan fingerprint density at radius 3 is 2.68 bits per heavy atom. The van der Waals surface area contributed by atoms with Gasteiger partial charge in [0.25, 0.3) is 5.91 Å². The summed E-state index contributed by atoms with van der Waals surface area (Å²) in [5, 5.41) is 15.5. The molecule has 0 aliphatic rings. The largest absolute Gasteiger partial charge is 0.618 e. The maximum absolute atomic E-state index is 12.4. The van der Waals surface area contributed by atoms with Crippen molar-refractivity contribution in [1.29, 1.82) is 0 Å². The van der Waals surface area contributed by atoms with Crippen LogP contribution >= 0.6 is 23.2 Å². The first-order valence-electron chi connectivity index (χ1n) is 7.55. The van der Waals surface area contributed by atoms with Crippen LogP contribution in [-0.4, -0.2) is 5.91 Å². The van der Waals surface area contributed by atoms with E-state index >= 15 is 0 Å². The topological polar surface area (TPSA) is 56.0 Å². The van der Waals surface area contributed by atoms with Crippen LogP contribution in [0.25, 0.3) is 11.1 Å². The molecule has 126 valence electrons.